The van der Waals surface area contributed by atoms with E-state index >= 15 is 0 Å². The number of aromatic nitrogens is 1. The van der Waals surface area contributed by atoms with Crippen LogP contribution in [0.25, 0.3) is 10.8 Å². The Bertz CT molecular complexity index is 1640. The van der Waals surface area contributed by atoms with Gasteiger partial charge < -0.3 is 5.11 Å². The molecule has 1 aliphatic heterocycles. The molecule has 0 unspecified atom stereocenters. The van der Waals surface area contributed by atoms with Crippen LogP contribution in [0.15, 0.2) is 87.5 Å². The number of aliphatic imine (C=N–C) groups is 1. The van der Waals surface area contributed by atoms with Gasteiger partial charge in [0.1, 0.15) is 0 Å². The number of rotatable bonds is 6. The van der Waals surface area contributed by atoms with Crippen LogP contribution in [0, 0.1) is 0 Å². The highest BCUT2D eigenvalue weighted by atomic mass is 35.5. The second-order valence-corrected chi connectivity index (χ2v) is 11.3. The summed E-state index contributed by atoms with van der Waals surface area (Å²) in [6, 6.07) is 20.8. The second-order valence-electron chi connectivity index (χ2n) is 9.00. The fourth-order valence-electron chi connectivity index (χ4n) is 4.59. The molecular weight excluding hydrogens is 510 g/mol. The van der Waals surface area contributed by atoms with E-state index < -0.39 is 10.0 Å². The van der Waals surface area contributed by atoms with Crippen LogP contribution in [0.2, 0.25) is 5.02 Å². The van der Waals surface area contributed by atoms with E-state index in [1.165, 1.54) is 33.3 Å². The van der Waals surface area contributed by atoms with Gasteiger partial charge in [-0.3, -0.25) is 14.4 Å². The van der Waals surface area contributed by atoms with E-state index in [0.29, 0.717) is 29.4 Å². The molecular formula is C28H26ClN3O4S. The molecule has 0 radical (unpaired) electrons. The third kappa shape index (κ3) is 5.05. The number of benzene rings is 3. The predicted molar refractivity (Wildman–Crippen MR) is 147 cm³/mol. The highest BCUT2D eigenvalue weighted by Crippen LogP contribution is 2.31. The summed E-state index contributed by atoms with van der Waals surface area (Å²) in [5.74, 6) is -0.232. The Morgan fingerprint density at radius 1 is 0.919 bits per heavy atom. The first-order valence-corrected chi connectivity index (χ1v) is 13.9. The Kier molecular flexibility index (Phi) is 7.15. The lowest BCUT2D eigenvalue weighted by Crippen LogP contribution is -2.35. The fraction of sp³-hybridized carbons (Fsp3) is 0.214. The lowest BCUT2D eigenvalue weighted by molar-refractivity contribution is 0.346. The molecule has 2 heterocycles. The zero-order valence-electron chi connectivity index (χ0n) is 20.0. The molecule has 0 bridgehead atoms. The van der Waals surface area contributed by atoms with Crippen LogP contribution in [0.5, 0.6) is 5.88 Å². The van der Waals surface area contributed by atoms with Gasteiger partial charge in [0, 0.05) is 30.1 Å². The minimum Gasteiger partial charge on any atom is -0.494 e. The first-order valence-electron chi connectivity index (χ1n) is 12.1. The predicted octanol–water partition coefficient (Wildman–Crippen LogP) is 5.33. The quantitative estimate of drug-likeness (QED) is 0.338. The number of sulfonamides is 1. The van der Waals surface area contributed by atoms with Gasteiger partial charge in [-0.1, -0.05) is 66.6 Å². The lowest BCUT2D eigenvalue weighted by atomic mass is 10.1. The van der Waals surface area contributed by atoms with Crippen molar-refractivity contribution in [1.82, 2.24) is 8.87 Å². The molecule has 0 saturated carbocycles. The summed E-state index contributed by atoms with van der Waals surface area (Å²) in [4.78, 5) is 17.8. The Labute approximate surface area is 220 Å². The molecule has 0 amide bonds. The van der Waals surface area contributed by atoms with Crippen LogP contribution < -0.4 is 5.56 Å². The summed E-state index contributed by atoms with van der Waals surface area (Å²) in [5, 5.41) is 12.4. The fourth-order valence-corrected chi connectivity index (χ4v) is 6.30. The maximum Gasteiger partial charge on any atom is 0.261 e. The number of aromatic hydroxyl groups is 1. The molecule has 3 aromatic carbocycles. The van der Waals surface area contributed by atoms with E-state index in [4.69, 9.17) is 11.6 Å². The molecule has 1 aromatic heterocycles. The van der Waals surface area contributed by atoms with E-state index in [0.717, 1.165) is 24.8 Å². The van der Waals surface area contributed by atoms with E-state index in [2.05, 4.69) is 4.99 Å². The van der Waals surface area contributed by atoms with Gasteiger partial charge in [-0.2, -0.15) is 4.31 Å². The van der Waals surface area contributed by atoms with Crippen molar-refractivity contribution >= 4 is 44.3 Å². The number of hydrogen-bond acceptors (Lipinski definition) is 5. The average molecular weight is 536 g/mol. The van der Waals surface area contributed by atoms with Gasteiger partial charge in [0.15, 0.2) is 0 Å². The zero-order valence-corrected chi connectivity index (χ0v) is 21.6. The molecule has 1 N–H and O–H groups in total. The zero-order chi connectivity index (χ0) is 26.0. The van der Waals surface area contributed by atoms with Crippen molar-refractivity contribution < 1.29 is 13.5 Å². The largest absolute Gasteiger partial charge is 0.494 e. The van der Waals surface area contributed by atoms with Crippen molar-refractivity contribution in [1.29, 1.82) is 0 Å². The second kappa shape index (κ2) is 10.5. The molecule has 0 aliphatic carbocycles. The maximum absolute atomic E-state index is 13.2. The number of halogens is 1. The van der Waals surface area contributed by atoms with E-state index in [1.54, 1.807) is 24.3 Å². The van der Waals surface area contributed by atoms with Crippen LogP contribution in [-0.4, -0.2) is 41.7 Å². The van der Waals surface area contributed by atoms with Crippen LogP contribution in [-0.2, 0) is 16.6 Å². The normalized spacial score (nSPS) is 14.9. The molecule has 0 atom stereocenters. The minimum absolute atomic E-state index is 0.120. The molecule has 5 rings (SSSR count). The van der Waals surface area contributed by atoms with Crippen LogP contribution in [0.3, 0.4) is 0 Å². The summed E-state index contributed by atoms with van der Waals surface area (Å²) in [5.41, 5.74) is 1.13. The lowest BCUT2D eigenvalue weighted by Gasteiger charge is -2.26. The van der Waals surface area contributed by atoms with E-state index in [-0.39, 0.29) is 33.6 Å². The van der Waals surface area contributed by atoms with Crippen molar-refractivity contribution in [2.75, 3.05) is 13.1 Å². The average Bonchev–Trinajstić information content (AvgIpc) is 2.93. The molecule has 1 fully saturated rings. The molecule has 7 nitrogen and oxygen atoms in total. The van der Waals surface area contributed by atoms with Gasteiger partial charge in [0.25, 0.3) is 5.56 Å². The van der Waals surface area contributed by atoms with Crippen molar-refractivity contribution in [3.63, 3.8) is 0 Å². The van der Waals surface area contributed by atoms with Crippen molar-refractivity contribution in [2.45, 2.75) is 30.7 Å². The molecule has 4 aromatic rings. The molecule has 1 aliphatic rings. The SMILES string of the molecule is O=c1c2ccccc2c(C=Nc2cc(S(=O)(=O)N3CCCCC3)ccc2Cl)c(O)n1Cc1ccccc1. The number of nitrogens with zero attached hydrogens (tertiary/aromatic N) is 3. The summed E-state index contributed by atoms with van der Waals surface area (Å²) < 4.78 is 29.1. The summed E-state index contributed by atoms with van der Waals surface area (Å²) >= 11 is 6.38. The van der Waals surface area contributed by atoms with Gasteiger partial charge in [0.05, 0.1) is 27.7 Å². The van der Waals surface area contributed by atoms with E-state index in [9.17, 15) is 18.3 Å². The molecule has 9 heteroatoms. The number of pyridine rings is 1. The number of hydrogen-bond donors (Lipinski definition) is 1. The summed E-state index contributed by atoms with van der Waals surface area (Å²) in [6.45, 7) is 1.17. The standard InChI is InChI=1S/C28H26ClN3O4S/c29-25-14-13-21(37(35,36)31-15-7-2-8-16-31)17-26(25)30-18-24-22-11-5-6-12-23(22)27(33)32(28(24)34)19-20-9-3-1-4-10-20/h1,3-6,9-14,17-18,34H,2,7-8,15-16,19H2. The Hall–Kier alpha value is -3.46. The van der Waals surface area contributed by atoms with Gasteiger partial charge in [-0.15, -0.1) is 0 Å². The topological polar surface area (TPSA) is 92.0 Å². The van der Waals surface area contributed by atoms with Crippen molar-refractivity contribution in [3.8, 4) is 5.88 Å². The van der Waals surface area contributed by atoms with Gasteiger partial charge in [-0.05, 0) is 42.7 Å². The number of piperidine rings is 1. The summed E-state index contributed by atoms with van der Waals surface area (Å²) in [7, 11) is -3.67. The smallest absolute Gasteiger partial charge is 0.261 e. The minimum atomic E-state index is -3.67. The van der Waals surface area contributed by atoms with E-state index in [1.807, 2.05) is 30.3 Å². The highest BCUT2D eigenvalue weighted by Gasteiger charge is 2.26. The van der Waals surface area contributed by atoms with Crippen LogP contribution in [0.1, 0.15) is 30.4 Å². The van der Waals surface area contributed by atoms with Crippen molar-refractivity contribution in [2.24, 2.45) is 4.99 Å². The Balaban J connectivity index is 1.58. The highest BCUT2D eigenvalue weighted by molar-refractivity contribution is 7.89. The molecule has 190 valence electrons. The number of fused-ring (bicyclic) bond motifs is 1. The molecule has 1 saturated heterocycles. The Morgan fingerprint density at radius 2 is 1.59 bits per heavy atom. The summed E-state index contributed by atoms with van der Waals surface area (Å²) in [6.07, 6.45) is 4.12. The Morgan fingerprint density at radius 3 is 2.32 bits per heavy atom. The first-order chi connectivity index (χ1) is 17.9. The van der Waals surface area contributed by atoms with Crippen LogP contribution >= 0.6 is 11.6 Å². The third-order valence-electron chi connectivity index (χ3n) is 6.58. The molecule has 37 heavy (non-hydrogen) atoms. The van der Waals surface area contributed by atoms with Gasteiger partial charge in [-0.25, -0.2) is 8.42 Å². The maximum atomic E-state index is 13.2. The van der Waals surface area contributed by atoms with Gasteiger partial charge >= 0.3 is 0 Å². The molecule has 0 spiro atoms. The van der Waals surface area contributed by atoms with Crippen LogP contribution in [0.4, 0.5) is 5.69 Å². The van der Waals surface area contributed by atoms with Gasteiger partial charge in [0.2, 0.25) is 15.9 Å². The third-order valence-corrected chi connectivity index (χ3v) is 8.79. The monoisotopic (exact) mass is 535 g/mol. The first kappa shape index (κ1) is 25.2. The van der Waals surface area contributed by atoms with Crippen molar-refractivity contribution in [3.05, 3.63) is 99.3 Å².